The fraction of sp³-hybridized carbons (Fsp3) is 0.250. The Labute approximate surface area is 168 Å². The number of nitrogens with zero attached hydrogens (tertiary/aromatic N) is 3. The third kappa shape index (κ3) is 4.12. The molecule has 6 nitrogen and oxygen atoms in total. The Balaban J connectivity index is 1.38. The Morgan fingerprint density at radius 3 is 2.53 bits per heavy atom. The van der Waals surface area contributed by atoms with E-state index in [0.717, 1.165) is 0 Å². The van der Waals surface area contributed by atoms with Crippen molar-refractivity contribution >= 4 is 5.91 Å². The van der Waals surface area contributed by atoms with E-state index in [1.165, 1.54) is 35.2 Å². The second-order valence-corrected chi connectivity index (χ2v) is 6.70. The van der Waals surface area contributed by atoms with Gasteiger partial charge in [0.2, 0.25) is 5.82 Å². The van der Waals surface area contributed by atoms with Crippen molar-refractivity contribution in [3.05, 3.63) is 65.8 Å². The summed E-state index contributed by atoms with van der Waals surface area (Å²) in [5.74, 6) is -2.09. The number of amides is 1. The fourth-order valence-electron chi connectivity index (χ4n) is 3.14. The van der Waals surface area contributed by atoms with Crippen LogP contribution in [0.25, 0.3) is 11.4 Å². The second kappa shape index (κ2) is 7.77. The molecule has 0 saturated carbocycles. The number of hydrogen-bond acceptors (Lipinski definition) is 5. The number of halogens is 4. The fourth-order valence-corrected chi connectivity index (χ4v) is 3.14. The van der Waals surface area contributed by atoms with E-state index < -0.39 is 23.8 Å². The van der Waals surface area contributed by atoms with Gasteiger partial charge in [0.25, 0.3) is 5.91 Å². The minimum absolute atomic E-state index is 0.0147. The van der Waals surface area contributed by atoms with Gasteiger partial charge in [0.1, 0.15) is 17.7 Å². The van der Waals surface area contributed by atoms with Gasteiger partial charge in [-0.15, -0.1) is 0 Å². The molecular weight excluding hydrogens is 406 g/mol. The number of alkyl halides is 3. The largest absolute Gasteiger partial charge is 0.489 e. The lowest BCUT2D eigenvalue weighted by molar-refractivity contribution is -0.159. The summed E-state index contributed by atoms with van der Waals surface area (Å²) in [4.78, 5) is 17.3. The number of carbonyl (C=O) groups excluding carboxylic acids is 1. The SMILES string of the molecule is O=C(c1ccccc1F)N1CCC(Oc2ccc(-c3noc(C(F)(F)F)n3)cc2)C1. The highest BCUT2D eigenvalue weighted by atomic mass is 19.4. The molecule has 1 unspecified atom stereocenters. The number of ether oxygens (including phenoxy) is 1. The number of benzene rings is 2. The van der Waals surface area contributed by atoms with Crippen LogP contribution in [0.5, 0.6) is 5.75 Å². The molecule has 1 aliphatic heterocycles. The Morgan fingerprint density at radius 1 is 1.13 bits per heavy atom. The Kier molecular flexibility index (Phi) is 5.15. The first-order valence-corrected chi connectivity index (χ1v) is 9.03. The van der Waals surface area contributed by atoms with Crippen molar-refractivity contribution in [2.45, 2.75) is 18.7 Å². The summed E-state index contributed by atoms with van der Waals surface area (Å²) in [5, 5.41) is 3.33. The summed E-state index contributed by atoms with van der Waals surface area (Å²) >= 11 is 0. The van der Waals surface area contributed by atoms with Crippen LogP contribution >= 0.6 is 0 Å². The molecule has 1 aromatic heterocycles. The molecule has 2 heterocycles. The first kappa shape index (κ1) is 19.9. The molecular formula is C20H15F4N3O3. The number of hydrogen-bond donors (Lipinski definition) is 0. The van der Waals surface area contributed by atoms with Crippen molar-refractivity contribution in [2.24, 2.45) is 0 Å². The van der Waals surface area contributed by atoms with E-state index in [0.29, 0.717) is 30.8 Å². The van der Waals surface area contributed by atoms with E-state index in [9.17, 15) is 22.4 Å². The molecule has 1 fully saturated rings. The van der Waals surface area contributed by atoms with Crippen LogP contribution in [0.4, 0.5) is 17.6 Å². The molecule has 1 amide bonds. The summed E-state index contributed by atoms with van der Waals surface area (Å²) in [7, 11) is 0. The lowest BCUT2D eigenvalue weighted by atomic mass is 10.2. The molecule has 0 radical (unpaired) electrons. The number of likely N-dealkylation sites (tertiary alicyclic amines) is 1. The van der Waals surface area contributed by atoms with Crippen LogP contribution in [0.3, 0.4) is 0 Å². The lowest BCUT2D eigenvalue weighted by Gasteiger charge is -2.17. The number of carbonyl (C=O) groups is 1. The van der Waals surface area contributed by atoms with Crippen molar-refractivity contribution in [3.63, 3.8) is 0 Å². The van der Waals surface area contributed by atoms with E-state index >= 15 is 0 Å². The van der Waals surface area contributed by atoms with E-state index in [-0.39, 0.29) is 17.5 Å². The second-order valence-electron chi connectivity index (χ2n) is 6.70. The van der Waals surface area contributed by atoms with Crippen LogP contribution in [0.2, 0.25) is 0 Å². The van der Waals surface area contributed by atoms with E-state index in [1.807, 2.05) is 0 Å². The quantitative estimate of drug-likeness (QED) is 0.591. The van der Waals surface area contributed by atoms with E-state index in [1.54, 1.807) is 18.2 Å². The van der Waals surface area contributed by atoms with Gasteiger partial charge in [0.15, 0.2) is 0 Å². The highest BCUT2D eigenvalue weighted by Gasteiger charge is 2.38. The van der Waals surface area contributed by atoms with Gasteiger partial charge < -0.3 is 14.2 Å². The molecule has 156 valence electrons. The monoisotopic (exact) mass is 421 g/mol. The molecule has 10 heteroatoms. The van der Waals surface area contributed by atoms with Gasteiger partial charge in [-0.2, -0.15) is 18.2 Å². The molecule has 1 atom stereocenters. The van der Waals surface area contributed by atoms with E-state index in [4.69, 9.17) is 4.74 Å². The Hall–Kier alpha value is -3.43. The third-order valence-corrected chi connectivity index (χ3v) is 4.62. The summed E-state index contributed by atoms with van der Waals surface area (Å²) in [6.07, 6.45) is -4.42. The topological polar surface area (TPSA) is 68.5 Å². The molecule has 30 heavy (non-hydrogen) atoms. The number of aromatic nitrogens is 2. The zero-order valence-electron chi connectivity index (χ0n) is 15.4. The molecule has 2 aromatic carbocycles. The van der Waals surface area contributed by atoms with Crippen LogP contribution in [0, 0.1) is 5.82 Å². The smallest absolute Gasteiger partial charge is 0.471 e. The molecule has 3 aromatic rings. The van der Waals surface area contributed by atoms with Gasteiger partial charge in [-0.1, -0.05) is 17.3 Å². The van der Waals surface area contributed by atoms with Crippen molar-refractivity contribution in [1.82, 2.24) is 15.0 Å². The minimum Gasteiger partial charge on any atom is -0.489 e. The van der Waals surface area contributed by atoms with Gasteiger partial charge in [-0.25, -0.2) is 4.39 Å². The molecule has 0 bridgehead atoms. The van der Waals surface area contributed by atoms with Gasteiger partial charge in [0.05, 0.1) is 12.1 Å². The van der Waals surface area contributed by atoms with Crippen molar-refractivity contribution < 1.29 is 31.6 Å². The van der Waals surface area contributed by atoms with Crippen LogP contribution in [0.15, 0.2) is 53.1 Å². The maximum atomic E-state index is 13.8. The normalized spacial score (nSPS) is 16.7. The summed E-state index contributed by atoms with van der Waals surface area (Å²) in [5.41, 5.74) is 0.352. The summed E-state index contributed by atoms with van der Waals surface area (Å²) in [6.45, 7) is 0.730. The Bertz CT molecular complexity index is 1050. The minimum atomic E-state index is -4.71. The zero-order valence-corrected chi connectivity index (χ0v) is 15.4. The average Bonchev–Trinajstić information content (AvgIpc) is 3.38. The first-order valence-electron chi connectivity index (χ1n) is 9.03. The number of rotatable bonds is 4. The van der Waals surface area contributed by atoms with Gasteiger partial charge in [-0.3, -0.25) is 4.79 Å². The molecule has 1 saturated heterocycles. The van der Waals surface area contributed by atoms with Gasteiger partial charge in [0, 0.05) is 18.5 Å². The molecule has 0 aliphatic carbocycles. The van der Waals surface area contributed by atoms with Crippen molar-refractivity contribution in [2.75, 3.05) is 13.1 Å². The molecule has 0 spiro atoms. The Morgan fingerprint density at radius 2 is 1.87 bits per heavy atom. The molecule has 0 N–H and O–H groups in total. The summed E-state index contributed by atoms with van der Waals surface area (Å²) < 4.78 is 61.6. The average molecular weight is 421 g/mol. The maximum Gasteiger partial charge on any atom is 0.471 e. The third-order valence-electron chi connectivity index (χ3n) is 4.62. The zero-order chi connectivity index (χ0) is 21.3. The van der Waals surface area contributed by atoms with Gasteiger partial charge in [-0.05, 0) is 36.4 Å². The van der Waals surface area contributed by atoms with Crippen LogP contribution in [0.1, 0.15) is 22.7 Å². The summed E-state index contributed by atoms with van der Waals surface area (Å²) in [6, 6.07) is 12.0. The van der Waals surface area contributed by atoms with E-state index in [2.05, 4.69) is 14.7 Å². The first-order chi connectivity index (χ1) is 14.3. The maximum absolute atomic E-state index is 13.8. The predicted molar refractivity (Wildman–Crippen MR) is 96.1 cm³/mol. The van der Waals surface area contributed by atoms with Crippen LogP contribution in [-0.4, -0.2) is 40.1 Å². The van der Waals surface area contributed by atoms with Crippen LogP contribution < -0.4 is 4.74 Å². The molecule has 1 aliphatic rings. The standard InChI is InChI=1S/C20H15F4N3O3/c21-16-4-2-1-3-15(16)18(28)27-10-9-14(11-27)29-13-7-5-12(6-8-13)17-25-19(30-26-17)20(22,23)24/h1-8,14H,9-11H2. The highest BCUT2D eigenvalue weighted by molar-refractivity contribution is 5.94. The lowest BCUT2D eigenvalue weighted by Crippen LogP contribution is -2.31. The van der Waals surface area contributed by atoms with Gasteiger partial charge >= 0.3 is 12.1 Å². The van der Waals surface area contributed by atoms with Crippen molar-refractivity contribution in [1.29, 1.82) is 0 Å². The molecule has 4 rings (SSSR count). The highest BCUT2D eigenvalue weighted by Crippen LogP contribution is 2.30. The van der Waals surface area contributed by atoms with Crippen molar-refractivity contribution in [3.8, 4) is 17.1 Å². The predicted octanol–water partition coefficient (Wildman–Crippen LogP) is 4.19. The van der Waals surface area contributed by atoms with Crippen LogP contribution in [-0.2, 0) is 6.18 Å².